The van der Waals surface area contributed by atoms with Crippen LogP contribution in [0.3, 0.4) is 0 Å². The van der Waals surface area contributed by atoms with Crippen LogP contribution < -0.4 is 10.1 Å². The molecule has 2 fully saturated rings. The molecule has 4 rings (SSSR count). The summed E-state index contributed by atoms with van der Waals surface area (Å²) in [4.78, 5) is 7.17. The molecule has 0 bridgehead atoms. The minimum absolute atomic E-state index is 0.604. The van der Waals surface area contributed by atoms with Gasteiger partial charge in [0.05, 0.1) is 12.3 Å². The third-order valence-electron chi connectivity index (χ3n) is 5.64. The van der Waals surface area contributed by atoms with Crippen molar-refractivity contribution in [3.63, 3.8) is 0 Å². The van der Waals surface area contributed by atoms with Crippen molar-refractivity contribution in [3.05, 3.63) is 59.9 Å². The van der Waals surface area contributed by atoms with E-state index in [1.165, 1.54) is 37.7 Å². The first-order chi connectivity index (χ1) is 13.4. The lowest BCUT2D eigenvalue weighted by atomic mass is 10.1. The molecule has 0 amide bonds. The predicted molar refractivity (Wildman–Crippen MR) is 109 cm³/mol. The number of hydrogen-bond acceptors (Lipinski definition) is 4. The van der Waals surface area contributed by atoms with Gasteiger partial charge in [-0.1, -0.05) is 18.2 Å². The molecule has 1 N–H and O–H groups in total. The van der Waals surface area contributed by atoms with Crippen LogP contribution in [-0.4, -0.2) is 35.6 Å². The Morgan fingerprint density at radius 3 is 2.63 bits per heavy atom. The summed E-state index contributed by atoms with van der Waals surface area (Å²) in [5, 5.41) is 3.54. The lowest BCUT2D eigenvalue weighted by Crippen LogP contribution is -2.35. The first-order valence-electron chi connectivity index (χ1n) is 10.4. The van der Waals surface area contributed by atoms with E-state index in [-0.39, 0.29) is 0 Å². The maximum absolute atomic E-state index is 5.89. The van der Waals surface area contributed by atoms with Gasteiger partial charge in [0.25, 0.3) is 0 Å². The van der Waals surface area contributed by atoms with Crippen molar-refractivity contribution in [1.29, 1.82) is 0 Å². The van der Waals surface area contributed by atoms with Gasteiger partial charge in [-0.3, -0.25) is 9.88 Å². The maximum atomic E-state index is 5.89. The molecule has 144 valence electrons. The van der Waals surface area contributed by atoms with Crippen LogP contribution in [0.5, 0.6) is 5.75 Å². The van der Waals surface area contributed by atoms with E-state index in [1.54, 1.807) is 0 Å². The van der Waals surface area contributed by atoms with E-state index in [0.717, 1.165) is 50.1 Å². The van der Waals surface area contributed by atoms with Crippen molar-refractivity contribution in [3.8, 4) is 5.75 Å². The molecule has 2 heterocycles. The van der Waals surface area contributed by atoms with Crippen molar-refractivity contribution < 1.29 is 4.74 Å². The second-order valence-corrected chi connectivity index (χ2v) is 7.96. The molecule has 1 saturated heterocycles. The molecule has 1 aliphatic heterocycles. The fourth-order valence-electron chi connectivity index (χ4n) is 3.80. The van der Waals surface area contributed by atoms with Gasteiger partial charge in [0.2, 0.25) is 0 Å². The van der Waals surface area contributed by atoms with E-state index in [4.69, 9.17) is 4.74 Å². The Hall–Kier alpha value is -1.91. The molecule has 27 heavy (non-hydrogen) atoms. The minimum Gasteiger partial charge on any atom is -0.493 e. The van der Waals surface area contributed by atoms with Gasteiger partial charge >= 0.3 is 0 Å². The fraction of sp³-hybridized carbons (Fsp3) is 0.522. The third-order valence-corrected chi connectivity index (χ3v) is 5.64. The number of nitrogens with one attached hydrogen (secondary N) is 1. The van der Waals surface area contributed by atoms with Gasteiger partial charge in [-0.05, 0) is 80.9 Å². The Labute approximate surface area is 162 Å². The van der Waals surface area contributed by atoms with Crippen molar-refractivity contribution in [2.24, 2.45) is 5.92 Å². The molecule has 1 aromatic heterocycles. The predicted octanol–water partition coefficient (Wildman–Crippen LogP) is 4.01. The lowest BCUT2D eigenvalue weighted by molar-refractivity contribution is 0.162. The zero-order valence-corrected chi connectivity index (χ0v) is 16.1. The molecule has 1 aromatic carbocycles. The number of aromatic nitrogens is 1. The van der Waals surface area contributed by atoms with Crippen LogP contribution in [0.15, 0.2) is 48.7 Å². The number of benzene rings is 1. The molecule has 4 heteroatoms. The summed E-state index contributed by atoms with van der Waals surface area (Å²) in [5.41, 5.74) is 2.50. The highest BCUT2D eigenvalue weighted by molar-refractivity contribution is 5.27. The number of nitrogens with zero attached hydrogens (tertiary/aromatic N) is 2. The lowest BCUT2D eigenvalue weighted by Gasteiger charge is -2.31. The Morgan fingerprint density at radius 2 is 1.85 bits per heavy atom. The first kappa shape index (κ1) is 18.5. The van der Waals surface area contributed by atoms with Crippen molar-refractivity contribution in [2.45, 2.75) is 51.2 Å². The Kier molecular flexibility index (Phi) is 6.38. The van der Waals surface area contributed by atoms with Crippen molar-refractivity contribution in [2.75, 3.05) is 19.7 Å². The number of pyridine rings is 1. The molecule has 4 nitrogen and oxygen atoms in total. The van der Waals surface area contributed by atoms with Crippen LogP contribution in [0.4, 0.5) is 0 Å². The largest absolute Gasteiger partial charge is 0.493 e. The van der Waals surface area contributed by atoms with E-state index in [2.05, 4.69) is 51.6 Å². The smallest absolute Gasteiger partial charge is 0.119 e. The standard InChI is InChI=1S/C23H31N3O/c1-2-14-25-21(4-1)17-26(22-5-3-13-24-15-12-22)16-19-8-10-23(11-9-19)27-18-20-6-7-20/h1-2,4,8-11,14,20,22,24H,3,5-7,12-13,15-18H2. The molecule has 0 radical (unpaired) electrons. The first-order valence-corrected chi connectivity index (χ1v) is 10.4. The molecule has 1 aliphatic carbocycles. The zero-order valence-electron chi connectivity index (χ0n) is 16.1. The highest BCUT2D eigenvalue weighted by atomic mass is 16.5. The Balaban J connectivity index is 1.42. The van der Waals surface area contributed by atoms with Gasteiger partial charge in [0, 0.05) is 25.3 Å². The van der Waals surface area contributed by atoms with Gasteiger partial charge in [0.15, 0.2) is 0 Å². The second-order valence-electron chi connectivity index (χ2n) is 7.96. The van der Waals surface area contributed by atoms with Crippen LogP contribution >= 0.6 is 0 Å². The van der Waals surface area contributed by atoms with Crippen LogP contribution in [0.25, 0.3) is 0 Å². The van der Waals surface area contributed by atoms with Crippen LogP contribution in [0, 0.1) is 5.92 Å². The second kappa shape index (κ2) is 9.34. The molecular formula is C23H31N3O. The van der Waals surface area contributed by atoms with Gasteiger partial charge in [-0.25, -0.2) is 0 Å². The third kappa shape index (κ3) is 5.78. The van der Waals surface area contributed by atoms with Crippen molar-refractivity contribution >= 4 is 0 Å². The molecule has 1 atom stereocenters. The summed E-state index contributed by atoms with van der Waals surface area (Å²) >= 11 is 0. The van der Waals surface area contributed by atoms with E-state index in [1.807, 2.05) is 12.3 Å². The van der Waals surface area contributed by atoms with Crippen LogP contribution in [-0.2, 0) is 13.1 Å². The van der Waals surface area contributed by atoms with Crippen molar-refractivity contribution in [1.82, 2.24) is 15.2 Å². The minimum atomic E-state index is 0.604. The van der Waals surface area contributed by atoms with Gasteiger partial charge in [-0.15, -0.1) is 0 Å². The van der Waals surface area contributed by atoms with Gasteiger partial charge in [-0.2, -0.15) is 0 Å². The van der Waals surface area contributed by atoms with Gasteiger partial charge in [0.1, 0.15) is 5.75 Å². The fourth-order valence-corrected chi connectivity index (χ4v) is 3.80. The monoisotopic (exact) mass is 365 g/mol. The van der Waals surface area contributed by atoms with Crippen LogP contribution in [0.1, 0.15) is 43.4 Å². The van der Waals surface area contributed by atoms with E-state index in [0.29, 0.717) is 6.04 Å². The molecule has 1 saturated carbocycles. The summed E-state index contributed by atoms with van der Waals surface area (Å²) in [7, 11) is 0. The molecule has 1 unspecified atom stereocenters. The quantitative estimate of drug-likeness (QED) is 0.767. The maximum Gasteiger partial charge on any atom is 0.119 e. The highest BCUT2D eigenvalue weighted by Crippen LogP contribution is 2.29. The summed E-state index contributed by atoms with van der Waals surface area (Å²) in [6.07, 6.45) is 8.26. The van der Waals surface area contributed by atoms with Gasteiger partial charge < -0.3 is 10.1 Å². The molecule has 2 aromatic rings. The summed E-state index contributed by atoms with van der Waals surface area (Å²) in [5.74, 6) is 1.79. The number of hydrogen-bond donors (Lipinski definition) is 1. The van der Waals surface area contributed by atoms with E-state index < -0.39 is 0 Å². The SMILES string of the molecule is c1ccc(CN(Cc2ccc(OCC3CC3)cc2)C2CCCNCC2)nc1. The van der Waals surface area contributed by atoms with E-state index in [9.17, 15) is 0 Å². The zero-order chi connectivity index (χ0) is 18.3. The summed E-state index contributed by atoms with van der Waals surface area (Å²) < 4.78 is 5.89. The molecule has 0 spiro atoms. The number of rotatable bonds is 8. The average Bonchev–Trinajstić information content (AvgIpc) is 3.55. The summed E-state index contributed by atoms with van der Waals surface area (Å²) in [6, 6.07) is 15.5. The molecule has 2 aliphatic rings. The number of ether oxygens (including phenoxy) is 1. The normalized spacial score (nSPS) is 20.4. The Bertz CT molecular complexity index is 677. The Morgan fingerprint density at radius 1 is 0.963 bits per heavy atom. The topological polar surface area (TPSA) is 37.4 Å². The van der Waals surface area contributed by atoms with E-state index >= 15 is 0 Å². The molecular weight excluding hydrogens is 334 g/mol. The van der Waals surface area contributed by atoms with Crippen LogP contribution in [0.2, 0.25) is 0 Å². The highest BCUT2D eigenvalue weighted by Gasteiger charge is 2.22. The average molecular weight is 366 g/mol. The summed E-state index contributed by atoms with van der Waals surface area (Å²) in [6.45, 7) is 4.99.